The van der Waals surface area contributed by atoms with Gasteiger partial charge in [0, 0.05) is 23.1 Å². The summed E-state index contributed by atoms with van der Waals surface area (Å²) in [5.41, 5.74) is 0.587. The second-order valence-corrected chi connectivity index (χ2v) is 6.46. The van der Waals surface area contributed by atoms with Crippen molar-refractivity contribution >= 4 is 57.6 Å². The van der Waals surface area contributed by atoms with Crippen LogP contribution in [0.3, 0.4) is 0 Å². The molecule has 0 bridgehead atoms. The molecule has 22 heavy (non-hydrogen) atoms. The van der Waals surface area contributed by atoms with E-state index in [2.05, 4.69) is 37.8 Å². The molecule has 2 N–H and O–H groups in total. The van der Waals surface area contributed by atoms with Gasteiger partial charge in [-0.2, -0.15) is 11.8 Å². The lowest BCUT2D eigenvalue weighted by Crippen LogP contribution is -2.37. The van der Waals surface area contributed by atoms with Gasteiger partial charge in [-0.15, -0.1) is 24.0 Å². The predicted octanol–water partition coefficient (Wildman–Crippen LogP) is 4.40. The fourth-order valence-corrected chi connectivity index (χ4v) is 2.65. The summed E-state index contributed by atoms with van der Waals surface area (Å²) in [5.74, 6) is 1.69. The van der Waals surface area contributed by atoms with Gasteiger partial charge in [0.15, 0.2) is 5.96 Å². The highest BCUT2D eigenvalue weighted by molar-refractivity contribution is 14.0. The number of hydrogen-bond donors (Lipinski definition) is 2. The van der Waals surface area contributed by atoms with Crippen LogP contribution in [0.4, 0.5) is 4.39 Å². The number of rotatable bonds is 8. The molecule has 0 heterocycles. The van der Waals surface area contributed by atoms with E-state index in [0.29, 0.717) is 12.1 Å². The van der Waals surface area contributed by atoms with E-state index in [0.717, 1.165) is 29.9 Å². The maximum Gasteiger partial charge on any atom is 0.191 e. The number of hydrogen-bond acceptors (Lipinski definition) is 2. The maximum atomic E-state index is 13.7. The van der Waals surface area contributed by atoms with Gasteiger partial charge < -0.3 is 10.6 Å². The molecule has 0 aromatic heterocycles. The Morgan fingerprint density at radius 2 is 2.09 bits per heavy atom. The minimum atomic E-state index is -0.224. The summed E-state index contributed by atoms with van der Waals surface area (Å²) < 4.78 is 14.5. The van der Waals surface area contributed by atoms with E-state index in [4.69, 9.17) is 0 Å². The molecule has 0 saturated heterocycles. The van der Waals surface area contributed by atoms with Crippen molar-refractivity contribution in [3.8, 4) is 0 Å². The van der Waals surface area contributed by atoms with Gasteiger partial charge in [-0.25, -0.2) is 9.38 Å². The minimum Gasteiger partial charge on any atom is -0.357 e. The fourth-order valence-electron chi connectivity index (χ4n) is 1.75. The first-order valence-electron chi connectivity index (χ1n) is 7.12. The van der Waals surface area contributed by atoms with Gasteiger partial charge in [0.25, 0.3) is 0 Å². The fraction of sp³-hybridized carbons (Fsp3) is 0.533. The van der Waals surface area contributed by atoms with Gasteiger partial charge >= 0.3 is 0 Å². The molecular weight excluding hydrogens is 480 g/mol. The molecule has 0 fully saturated rings. The number of aliphatic imine (C=N–C) groups is 1. The van der Waals surface area contributed by atoms with E-state index < -0.39 is 0 Å². The lowest BCUT2D eigenvalue weighted by molar-refractivity contribution is 0.609. The second-order valence-electron chi connectivity index (χ2n) is 4.56. The molecule has 7 heteroatoms. The number of halogens is 3. The monoisotopic (exact) mass is 503 g/mol. The van der Waals surface area contributed by atoms with E-state index >= 15 is 0 Å². The number of guanidine groups is 1. The van der Waals surface area contributed by atoms with Crippen LogP contribution in [0.5, 0.6) is 0 Å². The molecule has 0 unspecified atom stereocenters. The molecule has 0 aliphatic heterocycles. The molecule has 0 atom stereocenters. The summed E-state index contributed by atoms with van der Waals surface area (Å²) in [7, 11) is 0. The molecule has 126 valence electrons. The van der Waals surface area contributed by atoms with E-state index in [1.54, 1.807) is 12.1 Å². The lowest BCUT2D eigenvalue weighted by atomic mass is 10.2. The molecule has 0 aliphatic rings. The van der Waals surface area contributed by atoms with Crippen LogP contribution in [0.1, 0.15) is 25.3 Å². The summed E-state index contributed by atoms with van der Waals surface area (Å²) in [6, 6.07) is 4.91. The van der Waals surface area contributed by atoms with Crippen molar-refractivity contribution in [1.29, 1.82) is 0 Å². The molecule has 1 rings (SSSR count). The molecule has 0 radical (unpaired) electrons. The van der Waals surface area contributed by atoms with Crippen LogP contribution in [0.2, 0.25) is 0 Å². The third kappa shape index (κ3) is 9.19. The minimum absolute atomic E-state index is 0. The molecule has 1 aromatic rings. The van der Waals surface area contributed by atoms with Crippen molar-refractivity contribution in [3.63, 3.8) is 0 Å². The van der Waals surface area contributed by atoms with Crippen LogP contribution in [0.25, 0.3) is 0 Å². The summed E-state index contributed by atoms with van der Waals surface area (Å²) >= 11 is 5.21. The third-order valence-electron chi connectivity index (χ3n) is 2.83. The van der Waals surface area contributed by atoms with Gasteiger partial charge in [0.1, 0.15) is 5.82 Å². The van der Waals surface area contributed by atoms with Crippen LogP contribution in [0.15, 0.2) is 27.7 Å². The summed E-state index contributed by atoms with van der Waals surface area (Å²) in [4.78, 5) is 4.43. The number of thioether (sulfide) groups is 1. The number of nitrogens with zero attached hydrogens (tertiary/aromatic N) is 1. The molecule has 0 spiro atoms. The van der Waals surface area contributed by atoms with Gasteiger partial charge in [-0.1, -0.05) is 15.9 Å². The highest BCUT2D eigenvalue weighted by Crippen LogP contribution is 2.16. The maximum absolute atomic E-state index is 13.7. The third-order valence-corrected chi connectivity index (χ3v) is 4.02. The summed E-state index contributed by atoms with van der Waals surface area (Å²) in [5, 5.41) is 6.46. The SMILES string of the molecule is CCNC(=NCc1cc(Br)ccc1F)NCCCCSC.I. The van der Waals surface area contributed by atoms with E-state index in [-0.39, 0.29) is 29.8 Å². The molecule has 3 nitrogen and oxygen atoms in total. The highest BCUT2D eigenvalue weighted by Gasteiger charge is 2.03. The van der Waals surface area contributed by atoms with Crippen molar-refractivity contribution in [2.24, 2.45) is 4.99 Å². The first-order chi connectivity index (χ1) is 10.2. The largest absolute Gasteiger partial charge is 0.357 e. The van der Waals surface area contributed by atoms with Crippen molar-refractivity contribution in [2.45, 2.75) is 26.3 Å². The van der Waals surface area contributed by atoms with Crippen LogP contribution in [0, 0.1) is 5.82 Å². The Morgan fingerprint density at radius 3 is 2.77 bits per heavy atom. The Bertz CT molecular complexity index is 460. The van der Waals surface area contributed by atoms with E-state index in [1.807, 2.05) is 18.7 Å². The zero-order chi connectivity index (χ0) is 15.5. The van der Waals surface area contributed by atoms with Crippen molar-refractivity contribution in [2.75, 3.05) is 25.1 Å². The molecule has 0 saturated carbocycles. The first kappa shape index (κ1) is 22.0. The number of nitrogens with one attached hydrogen (secondary N) is 2. The Balaban J connectivity index is 0.00000441. The normalized spacial score (nSPS) is 11.0. The Kier molecular flexibility index (Phi) is 13.4. The topological polar surface area (TPSA) is 36.4 Å². The van der Waals surface area contributed by atoms with Crippen molar-refractivity contribution in [3.05, 3.63) is 34.1 Å². The average molecular weight is 504 g/mol. The molecular formula is C15H24BrFIN3S. The van der Waals surface area contributed by atoms with Crippen molar-refractivity contribution < 1.29 is 4.39 Å². The van der Waals surface area contributed by atoms with E-state index in [9.17, 15) is 4.39 Å². The standard InChI is InChI=1S/C15H23BrFN3S.HI/c1-3-18-15(19-8-4-5-9-21-2)20-11-12-10-13(16)6-7-14(12)17;/h6-7,10H,3-5,8-9,11H2,1-2H3,(H2,18,19,20);1H. The average Bonchev–Trinajstić information content (AvgIpc) is 2.47. The van der Waals surface area contributed by atoms with Crippen LogP contribution in [-0.4, -0.2) is 31.1 Å². The van der Waals surface area contributed by atoms with Gasteiger partial charge in [0.05, 0.1) is 6.54 Å². The van der Waals surface area contributed by atoms with Crippen molar-refractivity contribution in [1.82, 2.24) is 10.6 Å². The molecule has 0 aliphatic carbocycles. The zero-order valence-corrected chi connectivity index (χ0v) is 17.7. The van der Waals surface area contributed by atoms with Gasteiger partial charge in [-0.3, -0.25) is 0 Å². The molecule has 1 aromatic carbocycles. The summed E-state index contributed by atoms with van der Waals surface area (Å²) in [6.45, 7) is 4.01. The Morgan fingerprint density at radius 1 is 1.32 bits per heavy atom. The lowest BCUT2D eigenvalue weighted by Gasteiger charge is -2.11. The van der Waals surface area contributed by atoms with Crippen LogP contribution in [-0.2, 0) is 6.54 Å². The summed E-state index contributed by atoms with van der Waals surface area (Å²) in [6.07, 6.45) is 4.41. The predicted molar refractivity (Wildman–Crippen MR) is 110 cm³/mol. The second kappa shape index (κ2) is 13.4. The Hall–Kier alpha value is -0.0200. The Labute approximate surface area is 162 Å². The quantitative estimate of drug-likeness (QED) is 0.239. The smallest absolute Gasteiger partial charge is 0.191 e. The highest BCUT2D eigenvalue weighted by atomic mass is 127. The zero-order valence-electron chi connectivity index (χ0n) is 13.0. The van der Waals surface area contributed by atoms with Crippen LogP contribution < -0.4 is 10.6 Å². The van der Waals surface area contributed by atoms with E-state index in [1.165, 1.54) is 18.2 Å². The molecule has 0 amide bonds. The first-order valence-corrected chi connectivity index (χ1v) is 9.31. The van der Waals surface area contributed by atoms with Crippen LogP contribution >= 0.6 is 51.7 Å². The number of benzene rings is 1. The van der Waals surface area contributed by atoms with Gasteiger partial charge in [-0.05, 0) is 50.0 Å². The van der Waals surface area contributed by atoms with Gasteiger partial charge in [0.2, 0.25) is 0 Å². The number of unbranched alkanes of at least 4 members (excludes halogenated alkanes) is 1.